The highest BCUT2D eigenvalue weighted by atomic mass is 16.5. The highest BCUT2D eigenvalue weighted by Crippen LogP contribution is 2.41. The third kappa shape index (κ3) is 4.84. The fraction of sp³-hybridized carbons (Fsp3) is 0.310. The van der Waals surface area contributed by atoms with Crippen molar-refractivity contribution in [3.8, 4) is 11.5 Å². The molecule has 0 amide bonds. The quantitative estimate of drug-likeness (QED) is 0.321. The number of methoxy groups -OCH3 is 2. The van der Waals surface area contributed by atoms with E-state index in [1.807, 2.05) is 26.0 Å². The van der Waals surface area contributed by atoms with E-state index >= 15 is 0 Å². The molecule has 0 saturated carbocycles. The van der Waals surface area contributed by atoms with E-state index < -0.39 is 11.9 Å². The Hall–Kier alpha value is -3.60. The third-order valence-electron chi connectivity index (χ3n) is 6.25. The van der Waals surface area contributed by atoms with Gasteiger partial charge in [-0.25, -0.2) is 9.59 Å². The number of carbonyl (C=O) groups is 2. The molecule has 178 valence electrons. The Morgan fingerprint density at radius 1 is 0.647 bits per heavy atom. The first-order valence-electron chi connectivity index (χ1n) is 11.2. The molecule has 0 fully saturated rings. The average Bonchev–Trinajstić information content (AvgIpc) is 2.77. The molecule has 0 atom stereocenters. The van der Waals surface area contributed by atoms with Crippen molar-refractivity contribution in [1.82, 2.24) is 0 Å². The molecule has 5 nitrogen and oxygen atoms in total. The predicted octanol–water partition coefficient (Wildman–Crippen LogP) is 6.26. The number of carbonyl (C=O) groups excluding carboxylic acids is 2. The Bertz CT molecular complexity index is 1190. The SMILES string of the molecule is COC(=O)c1ccc(C(=O)Oc2cc(C)c(C(C)(C)c3c(C)cc(OC)cc3C)c(C)c2)cc1. The van der Waals surface area contributed by atoms with Crippen LogP contribution in [0.1, 0.15) is 67.9 Å². The van der Waals surface area contributed by atoms with Crippen LogP contribution in [0.2, 0.25) is 0 Å². The average molecular weight is 461 g/mol. The lowest BCUT2D eigenvalue weighted by Gasteiger charge is -2.33. The molecule has 0 spiro atoms. The lowest BCUT2D eigenvalue weighted by atomic mass is 9.71. The maximum atomic E-state index is 12.7. The minimum atomic E-state index is -0.482. The molecule has 0 N–H and O–H groups in total. The van der Waals surface area contributed by atoms with Gasteiger partial charge in [-0.05, 0) is 110 Å². The zero-order valence-electron chi connectivity index (χ0n) is 21.2. The van der Waals surface area contributed by atoms with E-state index in [0.717, 1.165) is 16.9 Å². The summed E-state index contributed by atoms with van der Waals surface area (Å²) in [7, 11) is 3.00. The summed E-state index contributed by atoms with van der Waals surface area (Å²) in [4.78, 5) is 24.3. The predicted molar refractivity (Wildman–Crippen MR) is 133 cm³/mol. The van der Waals surface area contributed by atoms with Gasteiger partial charge in [-0.3, -0.25) is 0 Å². The fourth-order valence-corrected chi connectivity index (χ4v) is 5.15. The van der Waals surface area contributed by atoms with Crippen LogP contribution in [-0.2, 0) is 10.2 Å². The Labute approximate surface area is 201 Å². The summed E-state index contributed by atoms with van der Waals surface area (Å²) in [5.74, 6) is 0.403. The first-order valence-corrected chi connectivity index (χ1v) is 11.2. The van der Waals surface area contributed by atoms with E-state index in [4.69, 9.17) is 14.2 Å². The maximum absolute atomic E-state index is 12.7. The number of rotatable bonds is 6. The Morgan fingerprint density at radius 3 is 1.41 bits per heavy atom. The molecule has 0 radical (unpaired) electrons. The Morgan fingerprint density at radius 2 is 1.03 bits per heavy atom. The molecule has 3 aromatic rings. The molecule has 0 unspecified atom stereocenters. The van der Waals surface area contributed by atoms with Gasteiger partial charge in [0.05, 0.1) is 25.3 Å². The number of ether oxygens (including phenoxy) is 3. The molecule has 3 rings (SSSR count). The van der Waals surface area contributed by atoms with Crippen molar-refractivity contribution in [3.05, 3.63) is 93.0 Å². The molecular weight excluding hydrogens is 428 g/mol. The van der Waals surface area contributed by atoms with Gasteiger partial charge in [-0.15, -0.1) is 0 Å². The first-order chi connectivity index (χ1) is 16.0. The summed E-state index contributed by atoms with van der Waals surface area (Å²) in [5, 5.41) is 0. The molecule has 5 heteroatoms. The first kappa shape index (κ1) is 25.0. The van der Waals surface area contributed by atoms with E-state index in [-0.39, 0.29) is 5.41 Å². The summed E-state index contributed by atoms with van der Waals surface area (Å²) < 4.78 is 15.8. The standard InChI is InChI=1S/C29H32O5/c1-17-13-23(32-7)14-18(2)25(17)29(5,6)26-19(3)15-24(16-20(26)4)34-28(31)22-11-9-21(10-12-22)27(30)33-8/h9-16H,1-8H3. The molecule has 0 saturated heterocycles. The lowest BCUT2D eigenvalue weighted by molar-refractivity contribution is 0.0599. The topological polar surface area (TPSA) is 61.8 Å². The van der Waals surface area contributed by atoms with Crippen LogP contribution in [0.25, 0.3) is 0 Å². The largest absolute Gasteiger partial charge is 0.497 e. The van der Waals surface area contributed by atoms with Crippen LogP contribution < -0.4 is 9.47 Å². The molecule has 0 bridgehead atoms. The molecule has 0 aliphatic heterocycles. The van der Waals surface area contributed by atoms with Crippen LogP contribution in [0.15, 0.2) is 48.5 Å². The second kappa shape index (κ2) is 9.72. The van der Waals surface area contributed by atoms with Crippen LogP contribution in [0.3, 0.4) is 0 Å². The number of esters is 2. The molecule has 0 aliphatic carbocycles. The highest BCUT2D eigenvalue weighted by molar-refractivity contribution is 5.94. The van der Waals surface area contributed by atoms with Gasteiger partial charge < -0.3 is 14.2 Å². The molecule has 0 aliphatic rings. The minimum Gasteiger partial charge on any atom is -0.497 e. The lowest BCUT2D eigenvalue weighted by Crippen LogP contribution is -2.24. The Balaban J connectivity index is 1.92. The van der Waals surface area contributed by atoms with Crippen LogP contribution in [0, 0.1) is 27.7 Å². The van der Waals surface area contributed by atoms with Crippen molar-refractivity contribution in [3.63, 3.8) is 0 Å². The number of benzene rings is 3. The smallest absolute Gasteiger partial charge is 0.343 e. The van der Waals surface area contributed by atoms with E-state index in [1.165, 1.54) is 29.4 Å². The van der Waals surface area contributed by atoms with Gasteiger partial charge in [0.1, 0.15) is 11.5 Å². The van der Waals surface area contributed by atoms with E-state index in [9.17, 15) is 9.59 Å². The molecular formula is C29H32O5. The van der Waals surface area contributed by atoms with Crippen molar-refractivity contribution in [1.29, 1.82) is 0 Å². The van der Waals surface area contributed by atoms with Gasteiger partial charge in [-0.2, -0.15) is 0 Å². The van der Waals surface area contributed by atoms with Crippen molar-refractivity contribution < 1.29 is 23.8 Å². The van der Waals surface area contributed by atoms with Crippen LogP contribution in [0.5, 0.6) is 11.5 Å². The second-order valence-electron chi connectivity index (χ2n) is 9.15. The summed E-state index contributed by atoms with van der Waals surface area (Å²) in [6.07, 6.45) is 0. The highest BCUT2D eigenvalue weighted by Gasteiger charge is 2.30. The van der Waals surface area contributed by atoms with Crippen LogP contribution in [0.4, 0.5) is 0 Å². The van der Waals surface area contributed by atoms with Crippen molar-refractivity contribution >= 4 is 11.9 Å². The van der Waals surface area contributed by atoms with Crippen molar-refractivity contribution in [2.45, 2.75) is 47.0 Å². The molecule has 34 heavy (non-hydrogen) atoms. The maximum Gasteiger partial charge on any atom is 0.343 e. The van der Waals surface area contributed by atoms with Crippen LogP contribution >= 0.6 is 0 Å². The van der Waals surface area contributed by atoms with Gasteiger partial charge in [-0.1, -0.05) is 13.8 Å². The number of hydrogen-bond acceptors (Lipinski definition) is 5. The van der Waals surface area contributed by atoms with Gasteiger partial charge in [0.15, 0.2) is 0 Å². The second-order valence-corrected chi connectivity index (χ2v) is 9.15. The van der Waals surface area contributed by atoms with E-state index in [0.29, 0.717) is 16.9 Å². The van der Waals surface area contributed by atoms with Crippen molar-refractivity contribution in [2.75, 3.05) is 14.2 Å². The van der Waals surface area contributed by atoms with E-state index in [2.05, 4.69) is 39.8 Å². The zero-order valence-corrected chi connectivity index (χ0v) is 21.2. The monoisotopic (exact) mass is 460 g/mol. The van der Waals surface area contributed by atoms with Gasteiger partial charge in [0, 0.05) is 5.41 Å². The van der Waals surface area contributed by atoms with Crippen molar-refractivity contribution in [2.24, 2.45) is 0 Å². The van der Waals surface area contributed by atoms with Gasteiger partial charge >= 0.3 is 11.9 Å². The van der Waals surface area contributed by atoms with Gasteiger partial charge in [0.25, 0.3) is 0 Å². The molecule has 3 aromatic carbocycles. The summed E-state index contributed by atoms with van der Waals surface area (Å²) >= 11 is 0. The number of hydrogen-bond donors (Lipinski definition) is 0. The fourth-order valence-electron chi connectivity index (χ4n) is 5.15. The van der Waals surface area contributed by atoms with Gasteiger partial charge in [0.2, 0.25) is 0 Å². The normalized spacial score (nSPS) is 11.2. The minimum absolute atomic E-state index is 0.263. The molecule has 0 heterocycles. The summed E-state index contributed by atoms with van der Waals surface area (Å²) in [6, 6.07) is 14.1. The number of aryl methyl sites for hydroxylation is 4. The van der Waals surface area contributed by atoms with E-state index in [1.54, 1.807) is 31.4 Å². The van der Waals surface area contributed by atoms with Crippen LogP contribution in [-0.4, -0.2) is 26.2 Å². The zero-order chi connectivity index (χ0) is 25.2. The Kier molecular flexibility index (Phi) is 7.15. The summed E-state index contributed by atoms with van der Waals surface area (Å²) in [5.41, 5.74) is 7.37. The third-order valence-corrected chi connectivity index (χ3v) is 6.25. The summed E-state index contributed by atoms with van der Waals surface area (Å²) in [6.45, 7) is 12.7. The molecule has 0 aromatic heterocycles.